The van der Waals surface area contributed by atoms with Crippen molar-refractivity contribution < 1.29 is 23.0 Å². The van der Waals surface area contributed by atoms with Crippen LogP contribution in [-0.4, -0.2) is 29.5 Å². The minimum absolute atomic E-state index is 0.0867. The summed E-state index contributed by atoms with van der Waals surface area (Å²) in [6.07, 6.45) is 0. The third-order valence-electron chi connectivity index (χ3n) is 3.25. The summed E-state index contributed by atoms with van der Waals surface area (Å²) in [5.41, 5.74) is 0.102. The van der Waals surface area contributed by atoms with Crippen molar-refractivity contribution in [3.8, 4) is 5.75 Å². The Morgan fingerprint density at radius 2 is 1.96 bits per heavy atom. The lowest BCUT2D eigenvalue weighted by Crippen LogP contribution is -2.10. The van der Waals surface area contributed by atoms with E-state index in [2.05, 4.69) is 9.84 Å². The van der Waals surface area contributed by atoms with Crippen LogP contribution in [0.4, 0.5) is 8.78 Å². The SMILES string of the molecule is CCOc1cc(F)c(Cn2nc(C(=O)OC)c(Cl)c2C)c(F)c1. The second kappa shape index (κ2) is 6.95. The highest BCUT2D eigenvalue weighted by Gasteiger charge is 2.21. The van der Waals surface area contributed by atoms with Crippen molar-refractivity contribution in [1.82, 2.24) is 9.78 Å². The number of carbonyl (C=O) groups is 1. The van der Waals surface area contributed by atoms with Gasteiger partial charge in [0.05, 0.1) is 31.0 Å². The molecule has 0 aliphatic heterocycles. The molecule has 0 N–H and O–H groups in total. The van der Waals surface area contributed by atoms with Crippen LogP contribution in [0.3, 0.4) is 0 Å². The molecule has 0 amide bonds. The Hall–Kier alpha value is -2.15. The van der Waals surface area contributed by atoms with Gasteiger partial charge in [-0.2, -0.15) is 5.10 Å². The first-order valence-corrected chi connectivity index (χ1v) is 7.18. The Morgan fingerprint density at radius 1 is 1.35 bits per heavy atom. The second-order valence-electron chi connectivity index (χ2n) is 4.70. The number of methoxy groups -OCH3 is 1. The first-order chi connectivity index (χ1) is 10.9. The summed E-state index contributed by atoms with van der Waals surface area (Å²) in [5.74, 6) is -2.14. The second-order valence-corrected chi connectivity index (χ2v) is 5.07. The average molecular weight is 345 g/mol. The Morgan fingerprint density at radius 3 is 2.48 bits per heavy atom. The van der Waals surface area contributed by atoms with Crippen LogP contribution in [0.25, 0.3) is 0 Å². The van der Waals surface area contributed by atoms with Gasteiger partial charge in [-0.05, 0) is 13.8 Å². The number of hydrogen-bond donors (Lipinski definition) is 0. The van der Waals surface area contributed by atoms with Gasteiger partial charge in [0.15, 0.2) is 5.69 Å². The van der Waals surface area contributed by atoms with Gasteiger partial charge in [-0.15, -0.1) is 0 Å². The first kappa shape index (κ1) is 17.2. The first-order valence-electron chi connectivity index (χ1n) is 6.81. The van der Waals surface area contributed by atoms with Crippen molar-refractivity contribution in [2.24, 2.45) is 0 Å². The lowest BCUT2D eigenvalue weighted by Gasteiger charge is -2.10. The summed E-state index contributed by atoms with van der Waals surface area (Å²) in [4.78, 5) is 11.6. The van der Waals surface area contributed by atoms with Crippen molar-refractivity contribution in [2.75, 3.05) is 13.7 Å². The summed E-state index contributed by atoms with van der Waals surface area (Å²) in [5, 5.41) is 4.05. The summed E-state index contributed by atoms with van der Waals surface area (Å²) in [6.45, 7) is 3.39. The third kappa shape index (κ3) is 3.44. The molecule has 1 heterocycles. The van der Waals surface area contributed by atoms with Crippen LogP contribution in [0.2, 0.25) is 5.02 Å². The lowest BCUT2D eigenvalue weighted by molar-refractivity contribution is 0.0593. The zero-order valence-electron chi connectivity index (χ0n) is 12.8. The number of benzene rings is 1. The zero-order valence-corrected chi connectivity index (χ0v) is 13.6. The highest BCUT2D eigenvalue weighted by Crippen LogP contribution is 2.25. The van der Waals surface area contributed by atoms with Crippen LogP contribution in [0.15, 0.2) is 12.1 Å². The monoisotopic (exact) mass is 344 g/mol. The summed E-state index contributed by atoms with van der Waals surface area (Å²) in [6, 6.07) is 2.20. The highest BCUT2D eigenvalue weighted by atomic mass is 35.5. The number of esters is 1. The van der Waals surface area contributed by atoms with E-state index in [0.717, 1.165) is 12.1 Å². The van der Waals surface area contributed by atoms with E-state index in [4.69, 9.17) is 16.3 Å². The van der Waals surface area contributed by atoms with Crippen molar-refractivity contribution in [3.05, 3.63) is 45.7 Å². The van der Waals surface area contributed by atoms with Gasteiger partial charge >= 0.3 is 5.97 Å². The average Bonchev–Trinajstić information content (AvgIpc) is 2.78. The number of ether oxygens (including phenoxy) is 2. The molecule has 2 rings (SSSR count). The van der Waals surface area contributed by atoms with Gasteiger partial charge in [0, 0.05) is 17.7 Å². The molecule has 0 atom stereocenters. The predicted molar refractivity (Wildman–Crippen MR) is 79.9 cm³/mol. The van der Waals surface area contributed by atoms with Crippen molar-refractivity contribution >= 4 is 17.6 Å². The Bertz CT molecular complexity index is 724. The topological polar surface area (TPSA) is 53.4 Å². The van der Waals surface area contributed by atoms with Crippen LogP contribution in [0.1, 0.15) is 28.7 Å². The summed E-state index contributed by atoms with van der Waals surface area (Å²) in [7, 11) is 1.19. The Kier molecular flexibility index (Phi) is 5.20. The Balaban J connectivity index is 2.38. The van der Waals surface area contributed by atoms with E-state index in [1.54, 1.807) is 13.8 Å². The van der Waals surface area contributed by atoms with Gasteiger partial charge in [0.2, 0.25) is 0 Å². The smallest absolute Gasteiger partial charge is 0.360 e. The van der Waals surface area contributed by atoms with Crippen molar-refractivity contribution in [1.29, 1.82) is 0 Å². The molecule has 2 aromatic rings. The predicted octanol–water partition coefficient (Wildman–Crippen LogP) is 3.36. The van der Waals surface area contributed by atoms with E-state index in [9.17, 15) is 13.6 Å². The Labute approximate surface area is 136 Å². The highest BCUT2D eigenvalue weighted by molar-refractivity contribution is 6.33. The molecule has 0 radical (unpaired) electrons. The molecule has 124 valence electrons. The van der Waals surface area contributed by atoms with Gasteiger partial charge in [-0.3, -0.25) is 4.68 Å². The maximum Gasteiger partial charge on any atom is 0.360 e. The molecular weight excluding hydrogens is 330 g/mol. The van der Waals surface area contributed by atoms with E-state index >= 15 is 0 Å². The molecule has 0 fully saturated rings. The van der Waals surface area contributed by atoms with Gasteiger partial charge in [-0.1, -0.05) is 11.6 Å². The molecule has 0 aliphatic rings. The number of nitrogens with zero attached hydrogens (tertiary/aromatic N) is 2. The van der Waals surface area contributed by atoms with E-state index in [-0.39, 0.29) is 28.6 Å². The van der Waals surface area contributed by atoms with Crippen LogP contribution < -0.4 is 4.74 Å². The number of rotatable bonds is 5. The molecule has 0 saturated heterocycles. The van der Waals surface area contributed by atoms with Gasteiger partial charge < -0.3 is 9.47 Å². The molecule has 0 unspecified atom stereocenters. The van der Waals surface area contributed by atoms with E-state index in [0.29, 0.717) is 12.3 Å². The number of carbonyl (C=O) groups excluding carboxylic acids is 1. The van der Waals surface area contributed by atoms with Gasteiger partial charge in [0.1, 0.15) is 17.4 Å². The maximum absolute atomic E-state index is 14.1. The van der Waals surface area contributed by atoms with E-state index in [1.807, 2.05) is 0 Å². The van der Waals surface area contributed by atoms with Gasteiger partial charge in [0.25, 0.3) is 0 Å². The molecule has 0 aliphatic carbocycles. The van der Waals surface area contributed by atoms with Crippen molar-refractivity contribution in [3.63, 3.8) is 0 Å². The molecular formula is C15H15ClF2N2O3. The van der Waals surface area contributed by atoms with Crippen LogP contribution in [0, 0.1) is 18.6 Å². The fraction of sp³-hybridized carbons (Fsp3) is 0.333. The fourth-order valence-electron chi connectivity index (χ4n) is 2.04. The summed E-state index contributed by atoms with van der Waals surface area (Å²) < 4.78 is 39.1. The largest absolute Gasteiger partial charge is 0.494 e. The minimum Gasteiger partial charge on any atom is -0.494 e. The molecule has 1 aromatic heterocycles. The molecule has 8 heteroatoms. The van der Waals surface area contributed by atoms with Crippen LogP contribution >= 0.6 is 11.6 Å². The molecule has 23 heavy (non-hydrogen) atoms. The lowest BCUT2D eigenvalue weighted by atomic mass is 10.2. The van der Waals surface area contributed by atoms with Crippen molar-refractivity contribution in [2.45, 2.75) is 20.4 Å². The number of halogens is 3. The quantitative estimate of drug-likeness (QED) is 0.780. The number of aromatic nitrogens is 2. The fourth-order valence-corrected chi connectivity index (χ4v) is 2.25. The maximum atomic E-state index is 14.1. The zero-order chi connectivity index (χ0) is 17.1. The van der Waals surface area contributed by atoms with Gasteiger partial charge in [-0.25, -0.2) is 13.6 Å². The molecule has 0 spiro atoms. The minimum atomic E-state index is -0.765. The molecule has 0 saturated carbocycles. The molecule has 0 bridgehead atoms. The molecule has 5 nitrogen and oxygen atoms in total. The summed E-state index contributed by atoms with van der Waals surface area (Å²) >= 11 is 6.01. The molecule has 1 aromatic carbocycles. The standard InChI is InChI=1S/C15H15ClF2N2O3/c1-4-23-9-5-11(17)10(12(18)6-9)7-20-8(2)13(16)14(19-20)15(21)22-3/h5-6H,4,7H2,1-3H3. The normalized spacial score (nSPS) is 10.7. The van der Waals surface area contributed by atoms with E-state index < -0.39 is 17.6 Å². The van der Waals surface area contributed by atoms with Crippen LogP contribution in [0.5, 0.6) is 5.75 Å². The number of hydrogen-bond acceptors (Lipinski definition) is 4. The third-order valence-corrected chi connectivity index (χ3v) is 3.70. The van der Waals surface area contributed by atoms with Crippen LogP contribution in [-0.2, 0) is 11.3 Å². The van der Waals surface area contributed by atoms with E-state index in [1.165, 1.54) is 11.8 Å².